The molecule has 1 heterocycles. The molecule has 1 atom stereocenters. The van der Waals surface area contributed by atoms with Crippen LogP contribution in [0.25, 0.3) is 0 Å². The summed E-state index contributed by atoms with van der Waals surface area (Å²) in [5.41, 5.74) is 3.09. The van der Waals surface area contributed by atoms with Crippen molar-refractivity contribution < 1.29 is 19.1 Å². The topological polar surface area (TPSA) is 84.5 Å². The zero-order valence-corrected chi connectivity index (χ0v) is 24.2. The quantitative estimate of drug-likeness (QED) is 0.194. The normalized spacial score (nSPS) is 13.9. The lowest BCUT2D eigenvalue weighted by atomic mass is 9.96. The van der Waals surface area contributed by atoms with Gasteiger partial charge in [0, 0.05) is 21.9 Å². The van der Waals surface area contributed by atoms with E-state index < -0.39 is 11.2 Å². The monoisotopic (exact) mass is 564 g/mol. The summed E-state index contributed by atoms with van der Waals surface area (Å²) in [5.74, 6) is -0.623. The van der Waals surface area contributed by atoms with Crippen molar-refractivity contribution in [1.82, 2.24) is 0 Å². The number of unbranched alkanes of at least 4 members (excludes halogenated alkanes) is 1. The van der Waals surface area contributed by atoms with Gasteiger partial charge >= 0.3 is 5.97 Å². The summed E-state index contributed by atoms with van der Waals surface area (Å²) < 4.78 is 5.14. The van der Waals surface area contributed by atoms with E-state index in [1.807, 2.05) is 54.6 Å². The van der Waals surface area contributed by atoms with Crippen molar-refractivity contribution in [3.05, 3.63) is 76.2 Å². The smallest absolute Gasteiger partial charge is 0.341 e. The number of methoxy groups -OCH3 is 1. The molecule has 0 spiro atoms. The van der Waals surface area contributed by atoms with E-state index in [0.717, 1.165) is 61.0 Å². The van der Waals surface area contributed by atoms with Gasteiger partial charge in [0.25, 0.3) is 0 Å². The maximum atomic E-state index is 13.9. The highest BCUT2D eigenvalue weighted by Gasteiger charge is 2.29. The molecule has 1 unspecified atom stereocenters. The Labute approximate surface area is 238 Å². The zero-order chi connectivity index (χ0) is 27.6. The van der Waals surface area contributed by atoms with Crippen LogP contribution in [0.3, 0.4) is 0 Å². The van der Waals surface area contributed by atoms with Crippen molar-refractivity contribution in [2.75, 3.05) is 17.7 Å². The lowest BCUT2D eigenvalue weighted by molar-refractivity contribution is -0.116. The van der Waals surface area contributed by atoms with Crippen LogP contribution < -0.4 is 10.6 Å². The van der Waals surface area contributed by atoms with Crippen molar-refractivity contribution in [3.63, 3.8) is 0 Å². The number of hydrogen-bond donors (Lipinski definition) is 2. The second-order valence-corrected chi connectivity index (χ2v) is 12.0. The molecule has 1 aliphatic rings. The summed E-state index contributed by atoms with van der Waals surface area (Å²) in [6, 6.07) is 17.2. The zero-order valence-electron chi connectivity index (χ0n) is 22.6. The third-order valence-corrected chi connectivity index (χ3v) is 9.22. The fourth-order valence-corrected chi connectivity index (χ4v) is 7.11. The van der Waals surface area contributed by atoms with E-state index >= 15 is 0 Å². The Morgan fingerprint density at radius 2 is 1.74 bits per heavy atom. The van der Waals surface area contributed by atoms with Crippen molar-refractivity contribution in [2.45, 2.75) is 74.9 Å². The standard InChI is InChI=1S/C31H36N2O4S2/c1-3-4-19-26(34)32-22-15-12-16-23(20-22)38-28(21-13-8-7-9-14-21)29(35)33-30-27(31(36)37-2)24-17-10-5-6-11-18-25(24)39-30/h7-9,12-16,20,28H,3-6,10-11,17-19H2,1-2H3,(H,32,34)(H,33,35). The summed E-state index contributed by atoms with van der Waals surface area (Å²) in [5, 5.41) is 6.07. The first kappa shape index (κ1) is 28.9. The van der Waals surface area contributed by atoms with E-state index in [2.05, 4.69) is 17.6 Å². The number of thiophene rings is 1. The molecule has 0 saturated heterocycles. The lowest BCUT2D eigenvalue weighted by Crippen LogP contribution is -2.20. The van der Waals surface area contributed by atoms with E-state index in [0.29, 0.717) is 22.7 Å². The molecule has 0 aliphatic heterocycles. The lowest BCUT2D eigenvalue weighted by Gasteiger charge is -2.18. The van der Waals surface area contributed by atoms with Gasteiger partial charge in [-0.25, -0.2) is 4.79 Å². The average molecular weight is 565 g/mol. The highest BCUT2D eigenvalue weighted by Crippen LogP contribution is 2.41. The largest absolute Gasteiger partial charge is 0.465 e. The van der Waals surface area contributed by atoms with Gasteiger partial charge in [0.15, 0.2) is 0 Å². The number of benzene rings is 2. The SMILES string of the molecule is CCCCC(=O)Nc1cccc(SC(C(=O)Nc2sc3c(c2C(=O)OC)CCCCCC3)c2ccccc2)c1. The Morgan fingerprint density at radius 1 is 0.974 bits per heavy atom. The minimum absolute atomic E-state index is 0.0139. The number of nitrogens with one attached hydrogen (secondary N) is 2. The predicted octanol–water partition coefficient (Wildman–Crippen LogP) is 7.79. The van der Waals surface area contributed by atoms with Crippen molar-refractivity contribution >= 4 is 51.6 Å². The number of thioether (sulfide) groups is 1. The van der Waals surface area contributed by atoms with E-state index in [9.17, 15) is 14.4 Å². The fraction of sp³-hybridized carbons (Fsp3) is 0.387. The number of esters is 1. The summed E-state index contributed by atoms with van der Waals surface area (Å²) in [6.07, 6.45) is 8.44. The summed E-state index contributed by atoms with van der Waals surface area (Å²) in [4.78, 5) is 41.0. The Morgan fingerprint density at radius 3 is 2.49 bits per heavy atom. The third-order valence-electron chi connectivity index (χ3n) is 6.77. The number of aryl methyl sites for hydroxylation is 1. The molecule has 1 aliphatic carbocycles. The highest BCUT2D eigenvalue weighted by atomic mass is 32.2. The molecule has 0 saturated carbocycles. The van der Waals surface area contributed by atoms with Crippen molar-refractivity contribution in [1.29, 1.82) is 0 Å². The Kier molecular flexibility index (Phi) is 10.6. The summed E-state index contributed by atoms with van der Waals surface area (Å²) in [6.45, 7) is 2.06. The molecule has 2 N–H and O–H groups in total. The van der Waals surface area contributed by atoms with E-state index in [1.54, 1.807) is 0 Å². The minimum atomic E-state index is -0.563. The van der Waals surface area contributed by atoms with Crippen LogP contribution in [0.2, 0.25) is 0 Å². The van der Waals surface area contributed by atoms with Crippen LogP contribution in [-0.4, -0.2) is 24.9 Å². The molecule has 6 nitrogen and oxygen atoms in total. The number of rotatable bonds is 10. The van der Waals surface area contributed by atoms with Gasteiger partial charge in [-0.15, -0.1) is 23.1 Å². The van der Waals surface area contributed by atoms with E-state index in [-0.39, 0.29) is 11.8 Å². The number of carbonyl (C=O) groups is 3. The molecule has 39 heavy (non-hydrogen) atoms. The number of ether oxygens (including phenoxy) is 1. The highest BCUT2D eigenvalue weighted by molar-refractivity contribution is 8.00. The molecular formula is C31H36N2O4S2. The van der Waals surface area contributed by atoms with E-state index in [1.165, 1.54) is 41.5 Å². The van der Waals surface area contributed by atoms with Crippen LogP contribution in [0.5, 0.6) is 0 Å². The van der Waals surface area contributed by atoms with Gasteiger partial charge in [-0.2, -0.15) is 0 Å². The van der Waals surface area contributed by atoms with Gasteiger partial charge in [-0.1, -0.05) is 62.6 Å². The first-order valence-electron chi connectivity index (χ1n) is 13.6. The molecule has 0 fully saturated rings. The number of fused-ring (bicyclic) bond motifs is 1. The number of hydrogen-bond acceptors (Lipinski definition) is 6. The van der Waals surface area contributed by atoms with Crippen LogP contribution in [0.4, 0.5) is 10.7 Å². The van der Waals surface area contributed by atoms with E-state index in [4.69, 9.17) is 4.74 Å². The molecule has 4 rings (SSSR count). The molecule has 2 aromatic carbocycles. The number of amides is 2. The van der Waals surface area contributed by atoms with Gasteiger partial charge in [-0.3, -0.25) is 9.59 Å². The molecule has 3 aromatic rings. The van der Waals surface area contributed by atoms with Gasteiger partial charge < -0.3 is 15.4 Å². The molecular weight excluding hydrogens is 528 g/mol. The second-order valence-electron chi connectivity index (χ2n) is 9.69. The third kappa shape index (κ3) is 7.73. The maximum Gasteiger partial charge on any atom is 0.341 e. The molecule has 0 radical (unpaired) electrons. The van der Waals surface area contributed by atoms with Crippen molar-refractivity contribution in [2.24, 2.45) is 0 Å². The minimum Gasteiger partial charge on any atom is -0.465 e. The first-order chi connectivity index (χ1) is 19.0. The Bertz CT molecular complexity index is 1290. The van der Waals surface area contributed by atoms with Gasteiger partial charge in [-0.05, 0) is 61.4 Å². The van der Waals surface area contributed by atoms with Crippen LogP contribution in [-0.2, 0) is 27.2 Å². The average Bonchev–Trinajstić information content (AvgIpc) is 3.26. The van der Waals surface area contributed by atoms with Crippen LogP contribution >= 0.6 is 23.1 Å². The van der Waals surface area contributed by atoms with Gasteiger partial charge in [0.1, 0.15) is 10.3 Å². The fourth-order valence-electron chi connectivity index (χ4n) is 4.75. The first-order valence-corrected chi connectivity index (χ1v) is 15.3. The van der Waals surface area contributed by atoms with Crippen LogP contribution in [0.1, 0.15) is 83.5 Å². The number of carbonyl (C=O) groups excluding carboxylic acids is 3. The second kappa shape index (κ2) is 14.3. The number of anilines is 2. The van der Waals surface area contributed by atoms with Crippen LogP contribution in [0.15, 0.2) is 59.5 Å². The predicted molar refractivity (Wildman–Crippen MR) is 160 cm³/mol. The summed E-state index contributed by atoms with van der Waals surface area (Å²) in [7, 11) is 1.39. The van der Waals surface area contributed by atoms with Crippen molar-refractivity contribution in [3.8, 4) is 0 Å². The molecule has 1 aromatic heterocycles. The van der Waals surface area contributed by atoms with Gasteiger partial charge in [0.2, 0.25) is 11.8 Å². The summed E-state index contributed by atoms with van der Waals surface area (Å²) >= 11 is 2.92. The Balaban J connectivity index is 1.60. The van der Waals surface area contributed by atoms with Crippen LogP contribution in [0, 0.1) is 0 Å². The molecule has 206 valence electrons. The maximum absolute atomic E-state index is 13.9. The Hall–Kier alpha value is -3.10. The molecule has 0 bridgehead atoms. The molecule has 2 amide bonds. The van der Waals surface area contributed by atoms with Gasteiger partial charge in [0.05, 0.1) is 12.7 Å². The molecule has 8 heteroatoms.